The molecule has 4 fully saturated rings. The molecule has 5 aliphatic carbocycles. The van der Waals surface area contributed by atoms with Crippen LogP contribution in [0.2, 0.25) is 0 Å². The average molecular weight is 657 g/mol. The second-order valence-electron chi connectivity index (χ2n) is 15.6. The Bertz CT molecular complexity index is 2390. The van der Waals surface area contributed by atoms with Crippen molar-refractivity contribution in [2.24, 2.45) is 23.7 Å². The Morgan fingerprint density at radius 1 is 0.471 bits per heavy atom. The van der Waals surface area contributed by atoms with Gasteiger partial charge in [0.1, 0.15) is 0 Å². The van der Waals surface area contributed by atoms with E-state index in [0.717, 1.165) is 17.4 Å². The highest BCUT2D eigenvalue weighted by Crippen LogP contribution is 2.71. The van der Waals surface area contributed by atoms with Gasteiger partial charge in [0, 0.05) is 28.4 Å². The van der Waals surface area contributed by atoms with Crippen molar-refractivity contribution in [1.82, 2.24) is 4.98 Å². The van der Waals surface area contributed by atoms with Crippen LogP contribution < -0.4 is 4.90 Å². The molecular formula is C49H40N2. The Hall–Kier alpha value is -5.47. The summed E-state index contributed by atoms with van der Waals surface area (Å²) in [5.41, 5.74) is 15.8. The molecular weight excluding hydrogens is 617 g/mol. The van der Waals surface area contributed by atoms with Crippen molar-refractivity contribution in [3.05, 3.63) is 169 Å². The lowest BCUT2D eigenvalue weighted by molar-refractivity contribution is -0.0397. The number of rotatable bonds is 5. The van der Waals surface area contributed by atoms with E-state index in [1.54, 1.807) is 11.1 Å². The van der Waals surface area contributed by atoms with Crippen molar-refractivity contribution in [1.29, 1.82) is 0 Å². The van der Waals surface area contributed by atoms with E-state index in [-0.39, 0.29) is 5.41 Å². The number of hydrogen-bond acceptors (Lipinski definition) is 2. The third-order valence-electron chi connectivity index (χ3n) is 13.1. The fourth-order valence-electron chi connectivity index (χ4n) is 11.4. The largest absolute Gasteiger partial charge is 0.310 e. The van der Waals surface area contributed by atoms with Crippen molar-refractivity contribution in [3.8, 4) is 33.4 Å². The predicted octanol–water partition coefficient (Wildman–Crippen LogP) is 12.8. The van der Waals surface area contributed by atoms with Gasteiger partial charge in [0.15, 0.2) is 0 Å². The molecule has 7 aromatic rings. The number of fused-ring (bicyclic) bond motifs is 4. The van der Waals surface area contributed by atoms with Crippen LogP contribution in [0.4, 0.5) is 17.1 Å². The summed E-state index contributed by atoms with van der Waals surface area (Å²) in [6, 6.07) is 56.5. The quantitative estimate of drug-likeness (QED) is 0.183. The molecule has 0 N–H and O–H groups in total. The zero-order chi connectivity index (χ0) is 33.5. The Morgan fingerprint density at radius 3 is 1.82 bits per heavy atom. The molecule has 2 heteroatoms. The number of aromatic nitrogens is 1. The van der Waals surface area contributed by atoms with Crippen LogP contribution in [-0.4, -0.2) is 4.98 Å². The molecule has 6 aromatic carbocycles. The van der Waals surface area contributed by atoms with Crippen LogP contribution in [0, 0.1) is 23.7 Å². The molecule has 1 spiro atoms. The predicted molar refractivity (Wildman–Crippen MR) is 211 cm³/mol. The lowest BCUT2D eigenvalue weighted by Crippen LogP contribution is -2.55. The van der Waals surface area contributed by atoms with Gasteiger partial charge in [-0.25, -0.2) is 0 Å². The standard InChI is InChI=1S/C49H40N2/c1-2-9-34(10-3-1)35-17-21-39(22-18-35)51(40-23-19-36(20-24-40)41-25-26-50-46-15-7-5-12-43(41)46)47-16-8-13-44-42-11-4-6-14-45(42)49(48(44)47)37-28-32-27-33(30-37)31-38(49)29-32/h1-26,32-33,37-38H,27-31H2. The summed E-state index contributed by atoms with van der Waals surface area (Å²) < 4.78 is 0. The first-order chi connectivity index (χ1) is 25.3. The summed E-state index contributed by atoms with van der Waals surface area (Å²) in [5, 5.41) is 1.18. The van der Waals surface area contributed by atoms with Gasteiger partial charge in [0.05, 0.1) is 11.2 Å². The molecule has 0 aliphatic heterocycles. The fraction of sp³-hybridized carbons (Fsp3) is 0.204. The van der Waals surface area contributed by atoms with Crippen LogP contribution in [0.3, 0.4) is 0 Å². The molecule has 1 heterocycles. The van der Waals surface area contributed by atoms with Crippen LogP contribution >= 0.6 is 0 Å². The second-order valence-corrected chi connectivity index (χ2v) is 15.6. The maximum Gasteiger partial charge on any atom is 0.0708 e. The monoisotopic (exact) mass is 656 g/mol. The molecule has 246 valence electrons. The van der Waals surface area contributed by atoms with E-state index < -0.39 is 0 Å². The summed E-state index contributed by atoms with van der Waals surface area (Å²) in [4.78, 5) is 7.21. The van der Waals surface area contributed by atoms with E-state index in [1.165, 1.54) is 87.9 Å². The Kier molecular flexibility index (Phi) is 6.47. The van der Waals surface area contributed by atoms with Crippen molar-refractivity contribution >= 4 is 28.0 Å². The van der Waals surface area contributed by atoms with E-state index in [2.05, 4.69) is 162 Å². The van der Waals surface area contributed by atoms with Gasteiger partial charge >= 0.3 is 0 Å². The third kappa shape index (κ3) is 4.32. The maximum atomic E-state index is 4.64. The van der Waals surface area contributed by atoms with Gasteiger partial charge in [-0.3, -0.25) is 4.98 Å². The summed E-state index contributed by atoms with van der Waals surface area (Å²) in [6.45, 7) is 0. The Labute approximate surface area is 300 Å². The minimum Gasteiger partial charge on any atom is -0.310 e. The Morgan fingerprint density at radius 2 is 1.08 bits per heavy atom. The van der Waals surface area contributed by atoms with E-state index in [9.17, 15) is 0 Å². The molecule has 0 radical (unpaired) electrons. The van der Waals surface area contributed by atoms with Gasteiger partial charge in [-0.05, 0) is 143 Å². The van der Waals surface area contributed by atoms with Gasteiger partial charge in [0.2, 0.25) is 0 Å². The normalized spacial score (nSPS) is 23.8. The van der Waals surface area contributed by atoms with Crippen molar-refractivity contribution in [2.75, 3.05) is 4.90 Å². The van der Waals surface area contributed by atoms with E-state index in [0.29, 0.717) is 11.8 Å². The minimum absolute atomic E-state index is 0.0636. The number of anilines is 3. The summed E-state index contributed by atoms with van der Waals surface area (Å²) in [7, 11) is 0. The Balaban J connectivity index is 1.11. The maximum absolute atomic E-state index is 4.64. The molecule has 4 bridgehead atoms. The molecule has 2 nitrogen and oxygen atoms in total. The van der Waals surface area contributed by atoms with Crippen LogP contribution in [0.5, 0.6) is 0 Å². The highest BCUT2D eigenvalue weighted by Gasteiger charge is 2.62. The van der Waals surface area contributed by atoms with Crippen LogP contribution in [-0.2, 0) is 5.41 Å². The highest BCUT2D eigenvalue weighted by molar-refractivity contribution is 5.95. The number of nitrogens with zero attached hydrogens (tertiary/aromatic N) is 2. The SMILES string of the molecule is c1ccc(-c2ccc(N(c3ccc(-c4ccnc5ccccc45)cc3)c3cccc4c3C3(c5ccccc5-4)C4CC5CC(C4)CC3C5)cc2)cc1. The summed E-state index contributed by atoms with van der Waals surface area (Å²) in [6.07, 6.45) is 8.87. The second kappa shape index (κ2) is 11.3. The smallest absolute Gasteiger partial charge is 0.0708 e. The van der Waals surface area contributed by atoms with E-state index >= 15 is 0 Å². The zero-order valence-corrected chi connectivity index (χ0v) is 28.8. The minimum atomic E-state index is 0.0636. The molecule has 51 heavy (non-hydrogen) atoms. The molecule has 12 rings (SSSR count). The fourth-order valence-corrected chi connectivity index (χ4v) is 11.4. The zero-order valence-electron chi connectivity index (χ0n) is 28.8. The van der Waals surface area contributed by atoms with Crippen LogP contribution in [0.15, 0.2) is 158 Å². The van der Waals surface area contributed by atoms with Gasteiger partial charge in [0.25, 0.3) is 0 Å². The van der Waals surface area contributed by atoms with Crippen molar-refractivity contribution < 1.29 is 0 Å². The summed E-state index contributed by atoms with van der Waals surface area (Å²) >= 11 is 0. The van der Waals surface area contributed by atoms with Crippen LogP contribution in [0.25, 0.3) is 44.3 Å². The molecule has 0 amide bonds. The number of para-hydroxylation sites is 1. The van der Waals surface area contributed by atoms with Gasteiger partial charge in [-0.1, -0.05) is 109 Å². The first-order valence-electron chi connectivity index (χ1n) is 18.9. The van der Waals surface area contributed by atoms with Gasteiger partial charge < -0.3 is 4.90 Å². The topological polar surface area (TPSA) is 16.1 Å². The van der Waals surface area contributed by atoms with Crippen LogP contribution in [0.1, 0.15) is 43.2 Å². The lowest BCUT2D eigenvalue weighted by Gasteiger charge is -2.61. The molecule has 0 unspecified atom stereocenters. The number of pyridine rings is 1. The molecule has 0 saturated heterocycles. The summed E-state index contributed by atoms with van der Waals surface area (Å²) in [5.74, 6) is 3.20. The molecule has 0 atom stereocenters. The number of benzene rings is 6. The van der Waals surface area contributed by atoms with E-state index in [4.69, 9.17) is 0 Å². The first kappa shape index (κ1) is 29.3. The molecule has 1 aromatic heterocycles. The van der Waals surface area contributed by atoms with Gasteiger partial charge in [-0.2, -0.15) is 0 Å². The molecule has 4 saturated carbocycles. The van der Waals surface area contributed by atoms with Gasteiger partial charge in [-0.15, -0.1) is 0 Å². The highest BCUT2D eigenvalue weighted by atomic mass is 15.1. The number of hydrogen-bond donors (Lipinski definition) is 0. The molecule has 5 aliphatic rings. The van der Waals surface area contributed by atoms with Crippen molar-refractivity contribution in [3.63, 3.8) is 0 Å². The average Bonchev–Trinajstić information content (AvgIpc) is 3.49. The van der Waals surface area contributed by atoms with E-state index in [1.807, 2.05) is 6.20 Å². The third-order valence-corrected chi connectivity index (χ3v) is 13.1. The van der Waals surface area contributed by atoms with Crippen molar-refractivity contribution in [2.45, 2.75) is 37.5 Å². The lowest BCUT2D eigenvalue weighted by atomic mass is 9.43. The first-order valence-corrected chi connectivity index (χ1v) is 18.9.